The zero-order valence-corrected chi connectivity index (χ0v) is 7.94. The summed E-state index contributed by atoms with van der Waals surface area (Å²) >= 11 is 0. The molecule has 0 heterocycles. The van der Waals surface area contributed by atoms with Crippen molar-refractivity contribution in [3.63, 3.8) is 0 Å². The molecule has 0 aromatic heterocycles. The van der Waals surface area contributed by atoms with Crippen LogP contribution in [-0.4, -0.2) is 17.8 Å². The Morgan fingerprint density at radius 1 is 1.43 bits per heavy atom. The van der Waals surface area contributed by atoms with Crippen LogP contribution in [0.25, 0.3) is 0 Å². The highest BCUT2D eigenvalue weighted by Crippen LogP contribution is 2.03. The SMILES string of the molecule is CCN(F)C(=O)OCc1ccccc1. The van der Waals surface area contributed by atoms with E-state index in [0.29, 0.717) is 0 Å². The fraction of sp³-hybridized carbons (Fsp3) is 0.300. The molecule has 0 spiro atoms. The standard InChI is InChI=1S/C10H12FNO2/c1-2-12(11)10(13)14-8-9-6-4-3-5-7-9/h3-7H,2,8H2,1H3. The molecule has 0 saturated heterocycles. The number of nitrogens with zero attached hydrogens (tertiary/aromatic N) is 1. The van der Waals surface area contributed by atoms with Gasteiger partial charge in [0.25, 0.3) is 0 Å². The van der Waals surface area contributed by atoms with Crippen LogP contribution in [0.1, 0.15) is 12.5 Å². The Hall–Kier alpha value is -1.58. The predicted molar refractivity (Wildman–Crippen MR) is 50.1 cm³/mol. The Labute approximate surface area is 82.0 Å². The van der Waals surface area contributed by atoms with Crippen LogP contribution in [0.4, 0.5) is 9.28 Å². The van der Waals surface area contributed by atoms with E-state index in [1.807, 2.05) is 30.3 Å². The molecule has 1 aromatic carbocycles. The maximum atomic E-state index is 12.6. The van der Waals surface area contributed by atoms with Crippen molar-refractivity contribution < 1.29 is 14.0 Å². The molecule has 76 valence electrons. The molecule has 0 fully saturated rings. The van der Waals surface area contributed by atoms with Gasteiger partial charge in [0.05, 0.1) is 6.54 Å². The van der Waals surface area contributed by atoms with E-state index in [0.717, 1.165) is 5.56 Å². The van der Waals surface area contributed by atoms with Crippen molar-refractivity contribution in [2.45, 2.75) is 13.5 Å². The van der Waals surface area contributed by atoms with Gasteiger partial charge in [-0.2, -0.15) is 0 Å². The van der Waals surface area contributed by atoms with Crippen molar-refractivity contribution in [2.24, 2.45) is 0 Å². The van der Waals surface area contributed by atoms with Crippen molar-refractivity contribution in [2.75, 3.05) is 6.54 Å². The fourth-order valence-corrected chi connectivity index (χ4v) is 0.918. The summed E-state index contributed by atoms with van der Waals surface area (Å²) < 4.78 is 17.3. The average molecular weight is 197 g/mol. The molecular weight excluding hydrogens is 185 g/mol. The second-order valence-corrected chi connectivity index (χ2v) is 2.72. The summed E-state index contributed by atoms with van der Waals surface area (Å²) in [6, 6.07) is 9.13. The van der Waals surface area contributed by atoms with Gasteiger partial charge >= 0.3 is 6.09 Å². The molecule has 0 aliphatic carbocycles. The topological polar surface area (TPSA) is 29.5 Å². The normalized spacial score (nSPS) is 9.57. The highest BCUT2D eigenvalue weighted by Gasteiger charge is 2.11. The minimum absolute atomic E-state index is 0.00633. The van der Waals surface area contributed by atoms with Crippen LogP contribution in [-0.2, 0) is 11.3 Å². The third kappa shape index (κ3) is 3.05. The summed E-state index contributed by atoms with van der Waals surface area (Å²) in [5.74, 6) is 0. The molecule has 0 aliphatic rings. The van der Waals surface area contributed by atoms with E-state index in [1.165, 1.54) is 6.92 Å². The van der Waals surface area contributed by atoms with Gasteiger partial charge in [-0.05, 0) is 12.5 Å². The van der Waals surface area contributed by atoms with Gasteiger partial charge < -0.3 is 4.74 Å². The largest absolute Gasteiger partial charge is 0.443 e. The number of halogens is 1. The third-order valence-corrected chi connectivity index (χ3v) is 1.68. The Morgan fingerprint density at radius 3 is 2.64 bits per heavy atom. The fourth-order valence-electron chi connectivity index (χ4n) is 0.918. The van der Waals surface area contributed by atoms with Crippen LogP contribution in [0.5, 0.6) is 0 Å². The monoisotopic (exact) mass is 197 g/mol. The van der Waals surface area contributed by atoms with Crippen LogP contribution < -0.4 is 0 Å². The molecule has 1 amide bonds. The zero-order valence-electron chi connectivity index (χ0n) is 7.94. The van der Waals surface area contributed by atoms with Gasteiger partial charge in [-0.25, -0.2) is 4.79 Å². The first kappa shape index (κ1) is 10.5. The Morgan fingerprint density at radius 2 is 2.07 bits per heavy atom. The second-order valence-electron chi connectivity index (χ2n) is 2.72. The summed E-state index contributed by atoms with van der Waals surface area (Å²) in [5, 5.41) is 0.0307. The maximum Gasteiger partial charge on any atom is 0.438 e. The minimum atomic E-state index is -0.948. The lowest BCUT2D eigenvalue weighted by Crippen LogP contribution is -2.22. The van der Waals surface area contributed by atoms with Crippen LogP contribution in [0.3, 0.4) is 0 Å². The van der Waals surface area contributed by atoms with Gasteiger partial charge in [0, 0.05) is 0 Å². The van der Waals surface area contributed by atoms with Crippen LogP contribution in [0.2, 0.25) is 0 Å². The van der Waals surface area contributed by atoms with E-state index >= 15 is 0 Å². The van der Waals surface area contributed by atoms with Crippen molar-refractivity contribution in [3.05, 3.63) is 35.9 Å². The molecule has 0 radical (unpaired) electrons. The molecule has 4 heteroatoms. The molecule has 0 atom stereocenters. The zero-order chi connectivity index (χ0) is 10.4. The van der Waals surface area contributed by atoms with E-state index in [1.54, 1.807) is 0 Å². The number of ether oxygens (including phenoxy) is 1. The van der Waals surface area contributed by atoms with Gasteiger partial charge in [-0.1, -0.05) is 34.8 Å². The molecule has 1 rings (SSSR count). The van der Waals surface area contributed by atoms with Gasteiger partial charge in [-0.3, -0.25) is 0 Å². The smallest absolute Gasteiger partial charge is 0.438 e. The Bertz CT molecular complexity index is 289. The quantitative estimate of drug-likeness (QED) is 0.697. The third-order valence-electron chi connectivity index (χ3n) is 1.68. The summed E-state index contributed by atoms with van der Waals surface area (Å²) in [6.45, 7) is 1.62. The van der Waals surface area contributed by atoms with E-state index in [9.17, 15) is 9.28 Å². The van der Waals surface area contributed by atoms with Crippen LogP contribution in [0, 0.1) is 0 Å². The molecule has 0 N–H and O–H groups in total. The van der Waals surface area contributed by atoms with E-state index < -0.39 is 6.09 Å². The van der Waals surface area contributed by atoms with Gasteiger partial charge in [0.2, 0.25) is 0 Å². The van der Waals surface area contributed by atoms with E-state index in [-0.39, 0.29) is 18.3 Å². The van der Waals surface area contributed by atoms with Crippen molar-refractivity contribution >= 4 is 6.09 Å². The summed E-state index contributed by atoms with van der Waals surface area (Å²) in [4.78, 5) is 10.9. The van der Waals surface area contributed by atoms with Crippen molar-refractivity contribution in [1.29, 1.82) is 0 Å². The van der Waals surface area contributed by atoms with E-state index in [2.05, 4.69) is 0 Å². The molecule has 0 unspecified atom stereocenters. The maximum absolute atomic E-state index is 12.6. The van der Waals surface area contributed by atoms with Crippen molar-refractivity contribution in [3.8, 4) is 0 Å². The Balaban J connectivity index is 2.38. The molecule has 0 saturated carbocycles. The number of hydrogen-bond donors (Lipinski definition) is 0. The molecule has 14 heavy (non-hydrogen) atoms. The molecule has 0 bridgehead atoms. The highest BCUT2D eigenvalue weighted by molar-refractivity contribution is 5.66. The van der Waals surface area contributed by atoms with Crippen LogP contribution in [0.15, 0.2) is 30.3 Å². The first-order valence-corrected chi connectivity index (χ1v) is 4.38. The van der Waals surface area contributed by atoms with Gasteiger partial charge in [-0.15, -0.1) is 5.12 Å². The number of hydrogen-bond acceptors (Lipinski definition) is 2. The van der Waals surface area contributed by atoms with Gasteiger partial charge in [0.15, 0.2) is 0 Å². The number of rotatable bonds is 3. The number of carbonyl (C=O) groups excluding carboxylic acids is 1. The van der Waals surface area contributed by atoms with Crippen LogP contribution >= 0.6 is 0 Å². The molecular formula is C10H12FNO2. The lowest BCUT2D eigenvalue weighted by Gasteiger charge is -2.09. The second kappa shape index (κ2) is 5.21. The first-order valence-electron chi connectivity index (χ1n) is 4.38. The van der Waals surface area contributed by atoms with Gasteiger partial charge in [0.1, 0.15) is 6.61 Å². The molecule has 0 aliphatic heterocycles. The predicted octanol–water partition coefficient (Wildman–Crippen LogP) is 2.53. The number of carbonyl (C=O) groups is 1. The first-order chi connectivity index (χ1) is 6.74. The highest BCUT2D eigenvalue weighted by atomic mass is 19.2. The van der Waals surface area contributed by atoms with Crippen molar-refractivity contribution in [1.82, 2.24) is 5.12 Å². The lowest BCUT2D eigenvalue weighted by molar-refractivity contribution is 0.0110. The lowest BCUT2D eigenvalue weighted by atomic mass is 10.2. The van der Waals surface area contributed by atoms with E-state index in [4.69, 9.17) is 4.74 Å². The Kier molecular flexibility index (Phi) is 3.91. The number of amides is 1. The summed E-state index contributed by atoms with van der Waals surface area (Å²) in [6.07, 6.45) is -0.948. The average Bonchev–Trinajstić information content (AvgIpc) is 2.26. The minimum Gasteiger partial charge on any atom is -0.443 e. The molecule has 3 nitrogen and oxygen atoms in total. The number of benzene rings is 1. The summed E-state index contributed by atoms with van der Waals surface area (Å²) in [7, 11) is 0. The summed E-state index contributed by atoms with van der Waals surface area (Å²) in [5.41, 5.74) is 0.838. The molecule has 1 aromatic rings.